The third-order valence-electron chi connectivity index (χ3n) is 0.884. The first-order valence-electron chi connectivity index (χ1n) is 3.49. The Balaban J connectivity index is 2.49. The van der Waals surface area contributed by atoms with Crippen LogP contribution < -0.4 is 5.32 Å². The van der Waals surface area contributed by atoms with Gasteiger partial charge < -0.3 is 10.1 Å². The Labute approximate surface area is 46.7 Å². The minimum atomic E-state index is -0.918. The molecule has 0 spiro atoms. The topological polar surface area (TPSA) is 21.3 Å². The van der Waals surface area contributed by atoms with Crippen molar-refractivity contribution in [2.24, 2.45) is 0 Å². The lowest BCUT2D eigenvalue weighted by molar-refractivity contribution is 0.0824. The smallest absolute Gasteiger partial charge is 0.0617 e. The summed E-state index contributed by atoms with van der Waals surface area (Å²) in [6, 6.07) is -0.918. The van der Waals surface area contributed by atoms with Crippen LogP contribution in [0.25, 0.3) is 0 Å². The number of ether oxygens (including phenoxy) is 1. The molecule has 1 rings (SSSR count). The van der Waals surface area contributed by atoms with E-state index >= 15 is 0 Å². The molecular formula is C5H11NO. The second-order valence-corrected chi connectivity index (χ2v) is 1.60. The molecule has 0 aromatic heterocycles. The van der Waals surface area contributed by atoms with Gasteiger partial charge in [0.15, 0.2) is 0 Å². The number of rotatable bonds is 0. The third-order valence-corrected chi connectivity index (χ3v) is 0.884. The monoisotopic (exact) mass is 103 g/mol. The summed E-state index contributed by atoms with van der Waals surface area (Å²) in [5.74, 6) is 0. The average Bonchev–Trinajstić information content (AvgIpc) is 1.77. The van der Waals surface area contributed by atoms with Crippen LogP contribution in [0.4, 0.5) is 0 Å². The summed E-state index contributed by atoms with van der Waals surface area (Å²) in [5.41, 5.74) is 0. The van der Waals surface area contributed by atoms with Crippen LogP contribution in [-0.2, 0) is 4.74 Å². The van der Waals surface area contributed by atoms with Crippen LogP contribution in [-0.4, -0.2) is 25.8 Å². The van der Waals surface area contributed by atoms with E-state index in [1.165, 1.54) is 0 Å². The molecule has 1 heterocycles. The second-order valence-electron chi connectivity index (χ2n) is 1.60. The van der Waals surface area contributed by atoms with Crippen LogP contribution in [0.2, 0.25) is 0 Å². The van der Waals surface area contributed by atoms with Gasteiger partial charge in [0.25, 0.3) is 0 Å². The normalized spacial score (nSPS) is 58.1. The van der Waals surface area contributed by atoms with Crippen molar-refractivity contribution in [1.82, 2.24) is 5.32 Å². The second kappa shape index (κ2) is 2.28. The van der Waals surface area contributed by atoms with Crippen LogP contribution in [0.15, 0.2) is 0 Å². The molecule has 0 aromatic rings. The third kappa shape index (κ3) is 1.45. The Kier molecular flexibility index (Phi) is 0.995. The van der Waals surface area contributed by atoms with E-state index in [-0.39, 0.29) is 0 Å². The SMILES string of the molecule is [2H]C1OCCNC1([2H])C. The van der Waals surface area contributed by atoms with Crippen LogP contribution in [0, 0.1) is 0 Å². The molecule has 0 bridgehead atoms. The fourth-order valence-electron chi connectivity index (χ4n) is 0.533. The highest BCUT2D eigenvalue weighted by molar-refractivity contribution is 4.62. The molecule has 0 saturated carbocycles. The van der Waals surface area contributed by atoms with Crippen LogP contribution in [0.5, 0.6) is 0 Å². The van der Waals surface area contributed by atoms with Crippen LogP contribution in [0.3, 0.4) is 0 Å². The molecule has 2 nitrogen and oxygen atoms in total. The van der Waals surface area contributed by atoms with E-state index in [4.69, 9.17) is 7.48 Å². The van der Waals surface area contributed by atoms with E-state index in [9.17, 15) is 0 Å². The molecule has 2 heteroatoms. The van der Waals surface area contributed by atoms with Crippen molar-refractivity contribution >= 4 is 0 Å². The Bertz CT molecular complexity index is 107. The zero-order valence-electron chi connectivity index (χ0n) is 6.40. The van der Waals surface area contributed by atoms with Gasteiger partial charge in [-0.15, -0.1) is 0 Å². The Hall–Kier alpha value is -0.0800. The van der Waals surface area contributed by atoms with E-state index in [0.717, 1.165) is 0 Å². The number of hydrogen-bond acceptors (Lipinski definition) is 2. The number of morpholine rings is 1. The van der Waals surface area contributed by atoms with Gasteiger partial charge in [0.1, 0.15) is 0 Å². The fourth-order valence-corrected chi connectivity index (χ4v) is 0.533. The molecule has 0 aliphatic carbocycles. The van der Waals surface area contributed by atoms with Crippen LogP contribution >= 0.6 is 0 Å². The molecule has 1 aliphatic heterocycles. The van der Waals surface area contributed by atoms with Gasteiger partial charge in [-0.3, -0.25) is 0 Å². The largest absolute Gasteiger partial charge is 0.379 e. The highest BCUT2D eigenvalue weighted by Crippen LogP contribution is 1.88. The van der Waals surface area contributed by atoms with Gasteiger partial charge in [0.05, 0.1) is 14.6 Å². The summed E-state index contributed by atoms with van der Waals surface area (Å²) in [6.45, 7) is 2.12. The maximum Gasteiger partial charge on any atom is 0.0617 e. The first kappa shape index (κ1) is 3.05. The summed E-state index contributed by atoms with van der Waals surface area (Å²) in [5, 5.41) is 2.86. The summed E-state index contributed by atoms with van der Waals surface area (Å²) >= 11 is 0. The van der Waals surface area contributed by atoms with Gasteiger partial charge >= 0.3 is 0 Å². The molecule has 1 N–H and O–H groups in total. The summed E-state index contributed by atoms with van der Waals surface area (Å²) in [7, 11) is 0. The molecule has 0 aromatic carbocycles. The van der Waals surface area contributed by atoms with Gasteiger partial charge in [0.2, 0.25) is 0 Å². The molecule has 2 atom stereocenters. The molecule has 1 aliphatic rings. The van der Waals surface area contributed by atoms with Gasteiger partial charge in [0, 0.05) is 13.9 Å². The van der Waals surface area contributed by atoms with Crippen molar-refractivity contribution in [3.8, 4) is 0 Å². The molecule has 2 unspecified atom stereocenters. The van der Waals surface area contributed by atoms with Crippen molar-refractivity contribution in [3.05, 3.63) is 0 Å². The quantitative estimate of drug-likeness (QED) is 0.466. The zero-order valence-corrected chi connectivity index (χ0v) is 4.40. The molecule has 1 saturated heterocycles. The van der Waals surface area contributed by atoms with E-state index in [0.29, 0.717) is 13.2 Å². The fraction of sp³-hybridized carbons (Fsp3) is 1.00. The number of hydrogen-bond donors (Lipinski definition) is 1. The van der Waals surface area contributed by atoms with E-state index in [2.05, 4.69) is 5.32 Å². The highest BCUT2D eigenvalue weighted by Gasteiger charge is 2.04. The summed E-state index contributed by atoms with van der Waals surface area (Å²) in [6.07, 6.45) is 0. The maximum atomic E-state index is 7.41. The van der Waals surface area contributed by atoms with E-state index < -0.39 is 12.6 Å². The van der Waals surface area contributed by atoms with Gasteiger partial charge in [-0.25, -0.2) is 0 Å². The van der Waals surface area contributed by atoms with Crippen molar-refractivity contribution in [1.29, 1.82) is 0 Å². The molecule has 0 radical (unpaired) electrons. The zero-order chi connectivity index (χ0) is 6.91. The van der Waals surface area contributed by atoms with E-state index in [1.54, 1.807) is 6.92 Å². The summed E-state index contributed by atoms with van der Waals surface area (Å²) < 4.78 is 19.5. The van der Waals surface area contributed by atoms with Crippen molar-refractivity contribution in [2.75, 3.05) is 19.7 Å². The Morgan fingerprint density at radius 3 is 3.43 bits per heavy atom. The average molecular weight is 103 g/mol. The Morgan fingerprint density at radius 2 is 3.00 bits per heavy atom. The van der Waals surface area contributed by atoms with Gasteiger partial charge in [-0.1, -0.05) is 0 Å². The van der Waals surface area contributed by atoms with Crippen molar-refractivity contribution in [3.63, 3.8) is 0 Å². The molecule has 7 heavy (non-hydrogen) atoms. The lowest BCUT2D eigenvalue weighted by Crippen LogP contribution is -2.38. The lowest BCUT2D eigenvalue weighted by atomic mass is 10.3. The lowest BCUT2D eigenvalue weighted by Gasteiger charge is -2.19. The van der Waals surface area contributed by atoms with E-state index in [1.807, 2.05) is 0 Å². The minimum absolute atomic E-state index is 0.544. The van der Waals surface area contributed by atoms with Crippen LogP contribution in [0.1, 0.15) is 9.67 Å². The molecule has 0 amide bonds. The highest BCUT2D eigenvalue weighted by atomic mass is 16.5. The first-order chi connectivity index (χ1) is 4.13. The number of nitrogens with one attached hydrogen (secondary N) is 1. The predicted molar refractivity (Wildman–Crippen MR) is 28.3 cm³/mol. The summed E-state index contributed by atoms with van der Waals surface area (Å²) in [4.78, 5) is 0. The maximum absolute atomic E-state index is 7.41. The minimum Gasteiger partial charge on any atom is -0.379 e. The van der Waals surface area contributed by atoms with Gasteiger partial charge in [-0.2, -0.15) is 0 Å². The van der Waals surface area contributed by atoms with Gasteiger partial charge in [-0.05, 0) is 6.92 Å². The molecule has 42 valence electrons. The van der Waals surface area contributed by atoms with Crippen molar-refractivity contribution < 1.29 is 7.48 Å². The predicted octanol–water partition coefficient (Wildman–Crippen LogP) is -0.00530. The molecular weight excluding hydrogens is 90.1 g/mol. The molecule has 1 fully saturated rings. The first-order valence-corrected chi connectivity index (χ1v) is 2.42. The Morgan fingerprint density at radius 1 is 2.14 bits per heavy atom. The van der Waals surface area contributed by atoms with Crippen molar-refractivity contribution in [2.45, 2.75) is 12.9 Å². The standard InChI is InChI=1S/C5H11NO/c1-5-4-7-3-2-6-5/h5-6H,2-4H2,1H3/i4D,5D.